The molecule has 0 bridgehead atoms. The van der Waals surface area contributed by atoms with Crippen molar-refractivity contribution < 1.29 is 4.79 Å². The highest BCUT2D eigenvalue weighted by Crippen LogP contribution is 2.18. The molecule has 4 nitrogen and oxygen atoms in total. The molecule has 0 aliphatic carbocycles. The molecule has 1 radical (unpaired) electrons. The van der Waals surface area contributed by atoms with E-state index in [0.29, 0.717) is 5.78 Å². The first-order valence-electron chi connectivity index (χ1n) is 5.98. The zero-order valence-electron chi connectivity index (χ0n) is 9.41. The van der Waals surface area contributed by atoms with Crippen LogP contribution in [0.3, 0.4) is 0 Å². The second-order valence-corrected chi connectivity index (χ2v) is 4.32. The normalized spacial score (nSPS) is 33.1. The lowest BCUT2D eigenvalue weighted by atomic mass is 10.0. The first-order valence-corrected chi connectivity index (χ1v) is 5.98. The van der Waals surface area contributed by atoms with E-state index in [9.17, 15) is 4.79 Å². The van der Waals surface area contributed by atoms with Gasteiger partial charge in [0.1, 0.15) is 0 Å². The molecule has 0 amide bonds. The molecule has 0 aromatic carbocycles. The number of ketones is 1. The lowest BCUT2D eigenvalue weighted by Crippen LogP contribution is -2.53. The van der Waals surface area contributed by atoms with Gasteiger partial charge in [0.15, 0.2) is 5.78 Å². The van der Waals surface area contributed by atoms with E-state index in [1.807, 2.05) is 0 Å². The van der Waals surface area contributed by atoms with Gasteiger partial charge in [0.25, 0.3) is 0 Å². The van der Waals surface area contributed by atoms with E-state index in [2.05, 4.69) is 22.5 Å². The van der Waals surface area contributed by atoms with Crippen LogP contribution in [0.4, 0.5) is 0 Å². The molecule has 2 aliphatic heterocycles. The largest absolute Gasteiger partial charge is 0.313 e. The molecular weight excluding hydrogens is 190 g/mol. The molecule has 2 saturated heterocycles. The highest BCUT2D eigenvalue weighted by Gasteiger charge is 2.34. The van der Waals surface area contributed by atoms with Crippen LogP contribution in [-0.4, -0.2) is 55.5 Å². The number of nitrogens with one attached hydrogen (secondary N) is 1. The van der Waals surface area contributed by atoms with E-state index in [-0.39, 0.29) is 12.1 Å². The monoisotopic (exact) mass is 210 g/mol. The Bertz CT molecular complexity index is 226. The topological polar surface area (TPSA) is 46.4 Å². The Kier molecular flexibility index (Phi) is 3.72. The molecule has 2 fully saturated rings. The van der Waals surface area contributed by atoms with Crippen molar-refractivity contribution in [2.24, 2.45) is 0 Å². The van der Waals surface area contributed by atoms with E-state index in [4.69, 9.17) is 0 Å². The van der Waals surface area contributed by atoms with Gasteiger partial charge in [0, 0.05) is 19.6 Å². The summed E-state index contributed by atoms with van der Waals surface area (Å²) in [5, 5.41) is 7.64. The highest BCUT2D eigenvalue weighted by atomic mass is 16.1. The van der Waals surface area contributed by atoms with Gasteiger partial charge in [-0.05, 0) is 25.9 Å². The van der Waals surface area contributed by atoms with E-state index in [1.54, 1.807) is 0 Å². The molecule has 0 aromatic rings. The van der Waals surface area contributed by atoms with Crippen LogP contribution in [0.25, 0.3) is 0 Å². The number of carbonyl (C=O) groups is 1. The summed E-state index contributed by atoms with van der Waals surface area (Å²) in [7, 11) is 0. The zero-order chi connectivity index (χ0) is 10.7. The summed E-state index contributed by atoms with van der Waals surface area (Å²) in [5.74, 6) is 0.335. The van der Waals surface area contributed by atoms with E-state index < -0.39 is 0 Å². The minimum Gasteiger partial charge on any atom is -0.313 e. The van der Waals surface area contributed by atoms with Crippen LogP contribution in [0.5, 0.6) is 0 Å². The van der Waals surface area contributed by atoms with E-state index in [0.717, 1.165) is 45.6 Å². The fourth-order valence-corrected chi connectivity index (χ4v) is 2.54. The van der Waals surface area contributed by atoms with Crippen LogP contribution in [0, 0.1) is 0 Å². The number of Topliss-reactive ketones (excluding diaryl/α,β-unsaturated/α-hetero) is 1. The minimum absolute atomic E-state index is 0.0871. The smallest absolute Gasteiger partial charge is 0.169 e. The van der Waals surface area contributed by atoms with Crippen LogP contribution >= 0.6 is 0 Å². The lowest BCUT2D eigenvalue weighted by Gasteiger charge is -2.28. The highest BCUT2D eigenvalue weighted by molar-refractivity contribution is 5.89. The summed E-state index contributed by atoms with van der Waals surface area (Å²) in [6.45, 7) is 6.64. The number of carbonyl (C=O) groups excluding carboxylic acids is 1. The van der Waals surface area contributed by atoms with Crippen LogP contribution in [0.2, 0.25) is 0 Å². The van der Waals surface area contributed by atoms with Crippen LogP contribution < -0.4 is 10.6 Å². The third kappa shape index (κ3) is 2.38. The Labute approximate surface area is 91.4 Å². The fourth-order valence-electron chi connectivity index (χ4n) is 2.54. The van der Waals surface area contributed by atoms with Gasteiger partial charge in [-0.3, -0.25) is 9.69 Å². The first kappa shape index (κ1) is 11.0. The number of likely N-dealkylation sites (tertiary alicyclic amines) is 1. The SMILES string of the molecule is CCN1CCCC1C(=O)C1CNCC[N]1. The van der Waals surface area contributed by atoms with Crippen LogP contribution in [0.15, 0.2) is 0 Å². The number of piperazine rings is 1. The average molecular weight is 210 g/mol. The van der Waals surface area contributed by atoms with Gasteiger partial charge >= 0.3 is 0 Å². The zero-order valence-corrected chi connectivity index (χ0v) is 9.41. The van der Waals surface area contributed by atoms with Crippen molar-refractivity contribution in [3.8, 4) is 0 Å². The van der Waals surface area contributed by atoms with Crippen molar-refractivity contribution in [1.82, 2.24) is 15.5 Å². The molecule has 2 rings (SSSR count). The van der Waals surface area contributed by atoms with Crippen molar-refractivity contribution >= 4 is 5.78 Å². The van der Waals surface area contributed by atoms with Gasteiger partial charge < -0.3 is 5.32 Å². The number of rotatable bonds is 3. The van der Waals surface area contributed by atoms with Crippen molar-refractivity contribution in [1.29, 1.82) is 0 Å². The number of hydrogen-bond donors (Lipinski definition) is 1. The average Bonchev–Trinajstić information content (AvgIpc) is 2.77. The van der Waals surface area contributed by atoms with Gasteiger partial charge in [-0.2, -0.15) is 0 Å². The first-order chi connectivity index (χ1) is 7.33. The number of hydrogen-bond acceptors (Lipinski definition) is 3. The van der Waals surface area contributed by atoms with Gasteiger partial charge in [0.05, 0.1) is 12.1 Å². The summed E-state index contributed by atoms with van der Waals surface area (Å²) < 4.78 is 0. The minimum atomic E-state index is -0.0871. The predicted octanol–water partition coefficient (Wildman–Crippen LogP) is -0.384. The van der Waals surface area contributed by atoms with E-state index >= 15 is 0 Å². The van der Waals surface area contributed by atoms with E-state index in [1.165, 1.54) is 0 Å². The molecule has 2 unspecified atom stereocenters. The van der Waals surface area contributed by atoms with Crippen LogP contribution in [0.1, 0.15) is 19.8 Å². The summed E-state index contributed by atoms with van der Waals surface area (Å²) in [4.78, 5) is 14.5. The maximum atomic E-state index is 12.2. The molecule has 0 spiro atoms. The molecule has 1 N–H and O–H groups in total. The van der Waals surface area contributed by atoms with Gasteiger partial charge in [0.2, 0.25) is 0 Å². The quantitative estimate of drug-likeness (QED) is 0.690. The Hall–Kier alpha value is -0.450. The second kappa shape index (κ2) is 5.05. The third-order valence-electron chi connectivity index (χ3n) is 3.40. The molecule has 0 aromatic heterocycles. The Balaban J connectivity index is 1.93. The molecule has 2 heterocycles. The van der Waals surface area contributed by atoms with Gasteiger partial charge in [-0.1, -0.05) is 6.92 Å². The summed E-state index contributed by atoms with van der Waals surface area (Å²) in [6.07, 6.45) is 2.18. The van der Waals surface area contributed by atoms with Crippen molar-refractivity contribution in [3.63, 3.8) is 0 Å². The molecule has 2 aliphatic rings. The third-order valence-corrected chi connectivity index (χ3v) is 3.40. The van der Waals surface area contributed by atoms with Crippen molar-refractivity contribution in [3.05, 3.63) is 0 Å². The van der Waals surface area contributed by atoms with Gasteiger partial charge in [-0.25, -0.2) is 5.32 Å². The molecule has 2 atom stereocenters. The summed E-state index contributed by atoms with van der Waals surface area (Å²) in [6, 6.07) is 0.0551. The van der Waals surface area contributed by atoms with Crippen molar-refractivity contribution in [2.75, 3.05) is 32.7 Å². The molecule has 85 valence electrons. The number of nitrogens with zero attached hydrogens (tertiary/aromatic N) is 2. The molecule has 15 heavy (non-hydrogen) atoms. The molecular formula is C11H20N3O. The lowest BCUT2D eigenvalue weighted by molar-refractivity contribution is -0.125. The fraction of sp³-hybridized carbons (Fsp3) is 0.909. The maximum Gasteiger partial charge on any atom is 0.169 e. The molecule has 4 heteroatoms. The van der Waals surface area contributed by atoms with Crippen LogP contribution in [-0.2, 0) is 4.79 Å². The number of likely N-dealkylation sites (N-methyl/N-ethyl adjacent to an activating group) is 1. The maximum absolute atomic E-state index is 12.2. The second-order valence-electron chi connectivity index (χ2n) is 4.32. The van der Waals surface area contributed by atoms with Crippen molar-refractivity contribution in [2.45, 2.75) is 31.8 Å². The Morgan fingerprint density at radius 3 is 3.13 bits per heavy atom. The van der Waals surface area contributed by atoms with Gasteiger partial charge in [-0.15, -0.1) is 0 Å². The summed E-state index contributed by atoms with van der Waals surface area (Å²) >= 11 is 0. The summed E-state index contributed by atoms with van der Waals surface area (Å²) in [5.41, 5.74) is 0. The standard InChI is InChI=1S/C11H20N3O/c1-2-14-7-3-4-10(14)11(15)9-8-12-5-6-13-9/h9-10,12H,2-8H2,1H3. The molecule has 0 saturated carbocycles. The Morgan fingerprint density at radius 1 is 1.60 bits per heavy atom. The predicted molar refractivity (Wildman–Crippen MR) is 58.9 cm³/mol. The Morgan fingerprint density at radius 2 is 2.47 bits per heavy atom.